The molecule has 1 N–H and O–H groups in total. The molecule has 0 spiro atoms. The van der Waals surface area contributed by atoms with Gasteiger partial charge < -0.3 is 5.32 Å². The summed E-state index contributed by atoms with van der Waals surface area (Å²) in [6, 6.07) is 12.2. The molecule has 20 heavy (non-hydrogen) atoms. The molecular formula is C18H28N2. The molecule has 1 aliphatic heterocycles. The van der Waals surface area contributed by atoms with Crippen LogP contribution in [-0.2, 0) is 6.54 Å². The first-order chi connectivity index (χ1) is 9.72. The molecule has 1 aliphatic carbocycles. The van der Waals surface area contributed by atoms with Gasteiger partial charge in [0.25, 0.3) is 0 Å². The maximum absolute atomic E-state index is 3.77. The Bertz CT molecular complexity index is 413. The summed E-state index contributed by atoms with van der Waals surface area (Å²) < 4.78 is 0. The van der Waals surface area contributed by atoms with Gasteiger partial charge in [-0.2, -0.15) is 0 Å². The molecule has 2 aliphatic rings. The van der Waals surface area contributed by atoms with Crippen LogP contribution >= 0.6 is 0 Å². The van der Waals surface area contributed by atoms with Crippen molar-refractivity contribution in [2.75, 3.05) is 13.1 Å². The van der Waals surface area contributed by atoms with Crippen LogP contribution in [0.15, 0.2) is 30.3 Å². The van der Waals surface area contributed by atoms with Crippen LogP contribution in [0.3, 0.4) is 0 Å². The molecule has 1 aromatic rings. The predicted octanol–water partition coefficient (Wildman–Crippen LogP) is 3.29. The number of piperidine rings is 1. The highest BCUT2D eigenvalue weighted by Gasteiger charge is 2.35. The van der Waals surface area contributed by atoms with Crippen molar-refractivity contribution in [1.29, 1.82) is 0 Å². The van der Waals surface area contributed by atoms with E-state index in [0.29, 0.717) is 6.04 Å². The minimum atomic E-state index is 0.653. The van der Waals surface area contributed by atoms with E-state index in [1.54, 1.807) is 0 Å². The molecule has 0 bridgehead atoms. The molecule has 0 amide bonds. The second kappa shape index (κ2) is 6.28. The molecule has 2 fully saturated rings. The Morgan fingerprint density at radius 3 is 2.65 bits per heavy atom. The van der Waals surface area contributed by atoms with Gasteiger partial charge in [-0.25, -0.2) is 0 Å². The van der Waals surface area contributed by atoms with E-state index in [9.17, 15) is 0 Å². The average molecular weight is 272 g/mol. The largest absolute Gasteiger partial charge is 0.309 e. The fraction of sp³-hybridized carbons (Fsp3) is 0.667. The lowest BCUT2D eigenvalue weighted by atomic mass is 9.94. The van der Waals surface area contributed by atoms with E-state index in [-0.39, 0.29) is 0 Å². The lowest BCUT2D eigenvalue weighted by molar-refractivity contribution is 0.100. The lowest BCUT2D eigenvalue weighted by Crippen LogP contribution is -2.51. The molecule has 3 rings (SSSR count). The summed E-state index contributed by atoms with van der Waals surface area (Å²) in [5.74, 6) is 1.80. The topological polar surface area (TPSA) is 15.3 Å². The van der Waals surface area contributed by atoms with E-state index in [1.807, 2.05) is 0 Å². The molecule has 3 unspecified atom stereocenters. The van der Waals surface area contributed by atoms with Gasteiger partial charge in [-0.15, -0.1) is 0 Å². The van der Waals surface area contributed by atoms with Crippen LogP contribution in [0.25, 0.3) is 0 Å². The minimum absolute atomic E-state index is 0.653. The summed E-state index contributed by atoms with van der Waals surface area (Å²) in [5.41, 5.74) is 1.40. The Balaban J connectivity index is 1.53. The Labute approximate surface area is 123 Å². The molecule has 2 heteroatoms. The van der Waals surface area contributed by atoms with Crippen molar-refractivity contribution in [3.8, 4) is 0 Å². The van der Waals surface area contributed by atoms with E-state index in [2.05, 4.69) is 54.4 Å². The van der Waals surface area contributed by atoms with E-state index in [0.717, 1.165) is 24.4 Å². The predicted molar refractivity (Wildman–Crippen MR) is 84.6 cm³/mol. The molecule has 1 saturated heterocycles. The highest BCUT2D eigenvalue weighted by atomic mass is 15.2. The molecule has 3 atom stereocenters. The fourth-order valence-corrected chi connectivity index (χ4v) is 3.61. The third-order valence-corrected chi connectivity index (χ3v) is 5.01. The smallest absolute Gasteiger partial charge is 0.0208 e. The summed E-state index contributed by atoms with van der Waals surface area (Å²) in [5, 5.41) is 3.77. The number of rotatable bonds is 5. The number of hydrogen-bond acceptors (Lipinski definition) is 2. The van der Waals surface area contributed by atoms with Crippen molar-refractivity contribution in [2.24, 2.45) is 11.8 Å². The molecule has 1 heterocycles. The SMILES string of the molecule is CC1CC(NCc2ccccc2)CN(C(C)C2CC2)C1. The van der Waals surface area contributed by atoms with Gasteiger partial charge >= 0.3 is 0 Å². The quantitative estimate of drug-likeness (QED) is 0.885. The van der Waals surface area contributed by atoms with Crippen LogP contribution in [0.5, 0.6) is 0 Å². The van der Waals surface area contributed by atoms with Gasteiger partial charge in [-0.05, 0) is 43.6 Å². The lowest BCUT2D eigenvalue weighted by Gasteiger charge is -2.40. The monoisotopic (exact) mass is 272 g/mol. The van der Waals surface area contributed by atoms with Crippen LogP contribution in [0, 0.1) is 11.8 Å². The number of hydrogen-bond donors (Lipinski definition) is 1. The van der Waals surface area contributed by atoms with Crippen molar-refractivity contribution in [2.45, 2.75) is 51.7 Å². The van der Waals surface area contributed by atoms with E-state index < -0.39 is 0 Å². The second-order valence-electron chi connectivity index (χ2n) is 6.94. The van der Waals surface area contributed by atoms with Crippen molar-refractivity contribution in [3.05, 3.63) is 35.9 Å². The maximum atomic E-state index is 3.77. The highest BCUT2D eigenvalue weighted by Crippen LogP contribution is 2.36. The summed E-state index contributed by atoms with van der Waals surface area (Å²) in [6.45, 7) is 8.37. The Morgan fingerprint density at radius 1 is 1.20 bits per heavy atom. The molecule has 0 radical (unpaired) electrons. The first-order valence-electron chi connectivity index (χ1n) is 8.23. The van der Waals surface area contributed by atoms with Gasteiger partial charge in [-0.3, -0.25) is 4.90 Å². The minimum Gasteiger partial charge on any atom is -0.309 e. The molecule has 110 valence electrons. The van der Waals surface area contributed by atoms with E-state index in [4.69, 9.17) is 0 Å². The van der Waals surface area contributed by atoms with E-state index >= 15 is 0 Å². The van der Waals surface area contributed by atoms with Crippen molar-refractivity contribution < 1.29 is 0 Å². The fourth-order valence-electron chi connectivity index (χ4n) is 3.61. The van der Waals surface area contributed by atoms with E-state index in [1.165, 1.54) is 37.9 Å². The van der Waals surface area contributed by atoms with Gasteiger partial charge in [0.2, 0.25) is 0 Å². The molecule has 1 aromatic carbocycles. The molecule has 2 nitrogen and oxygen atoms in total. The van der Waals surface area contributed by atoms with Crippen molar-refractivity contribution >= 4 is 0 Å². The van der Waals surface area contributed by atoms with Gasteiger partial charge in [0.15, 0.2) is 0 Å². The van der Waals surface area contributed by atoms with Crippen molar-refractivity contribution in [3.63, 3.8) is 0 Å². The zero-order chi connectivity index (χ0) is 13.9. The standard InChI is InChI=1S/C18H28N2/c1-14-10-18(19-11-16-6-4-3-5-7-16)13-20(12-14)15(2)17-8-9-17/h3-7,14-15,17-19H,8-13H2,1-2H3. The van der Waals surface area contributed by atoms with Crippen LogP contribution in [0.1, 0.15) is 38.7 Å². The molecule has 1 saturated carbocycles. The second-order valence-corrected chi connectivity index (χ2v) is 6.94. The maximum Gasteiger partial charge on any atom is 0.0208 e. The first-order valence-corrected chi connectivity index (χ1v) is 8.23. The summed E-state index contributed by atoms with van der Waals surface area (Å²) in [6.07, 6.45) is 4.23. The molecular weight excluding hydrogens is 244 g/mol. The average Bonchev–Trinajstić information content (AvgIpc) is 3.29. The zero-order valence-electron chi connectivity index (χ0n) is 12.9. The number of nitrogens with zero attached hydrogens (tertiary/aromatic N) is 1. The zero-order valence-corrected chi connectivity index (χ0v) is 12.9. The number of likely N-dealkylation sites (tertiary alicyclic amines) is 1. The third-order valence-electron chi connectivity index (χ3n) is 5.01. The number of nitrogens with one attached hydrogen (secondary N) is 1. The van der Waals surface area contributed by atoms with Gasteiger partial charge in [-0.1, -0.05) is 37.3 Å². The highest BCUT2D eigenvalue weighted by molar-refractivity contribution is 5.14. The summed E-state index contributed by atoms with van der Waals surface area (Å²) in [4.78, 5) is 2.73. The summed E-state index contributed by atoms with van der Waals surface area (Å²) >= 11 is 0. The number of benzene rings is 1. The first kappa shape index (κ1) is 14.1. The summed E-state index contributed by atoms with van der Waals surface area (Å²) in [7, 11) is 0. The molecule has 0 aromatic heterocycles. The van der Waals surface area contributed by atoms with Gasteiger partial charge in [0.1, 0.15) is 0 Å². The van der Waals surface area contributed by atoms with Crippen LogP contribution in [-0.4, -0.2) is 30.1 Å². The van der Waals surface area contributed by atoms with Crippen molar-refractivity contribution in [1.82, 2.24) is 10.2 Å². The van der Waals surface area contributed by atoms with Gasteiger partial charge in [0, 0.05) is 31.7 Å². The Hall–Kier alpha value is -0.860. The van der Waals surface area contributed by atoms with Crippen LogP contribution in [0.4, 0.5) is 0 Å². The third kappa shape index (κ3) is 3.62. The Kier molecular flexibility index (Phi) is 4.42. The normalized spacial score (nSPS) is 29.3. The Morgan fingerprint density at radius 2 is 1.95 bits per heavy atom. The van der Waals surface area contributed by atoms with Crippen LogP contribution < -0.4 is 5.32 Å². The van der Waals surface area contributed by atoms with Crippen LogP contribution in [0.2, 0.25) is 0 Å². The van der Waals surface area contributed by atoms with Gasteiger partial charge in [0.05, 0.1) is 0 Å².